The van der Waals surface area contributed by atoms with Crippen LogP contribution in [0.4, 0.5) is 0 Å². The Kier molecular flexibility index (Phi) is 5.56. The van der Waals surface area contributed by atoms with Crippen molar-refractivity contribution in [1.29, 1.82) is 5.26 Å². The summed E-state index contributed by atoms with van der Waals surface area (Å²) in [6, 6.07) is 17.6. The highest BCUT2D eigenvalue weighted by Gasteiger charge is 2.69. The Morgan fingerprint density at radius 3 is 2.54 bits per heavy atom. The van der Waals surface area contributed by atoms with Crippen LogP contribution in [0.2, 0.25) is 0 Å². The Bertz CT molecular complexity index is 2110. The van der Waals surface area contributed by atoms with Crippen molar-refractivity contribution in [2.24, 2.45) is 40.0 Å². The van der Waals surface area contributed by atoms with Crippen LogP contribution in [-0.2, 0) is 6.42 Å². The predicted octanol–water partition coefficient (Wildman–Crippen LogP) is 9.24. The van der Waals surface area contributed by atoms with Crippen LogP contribution < -0.4 is 0 Å². The van der Waals surface area contributed by atoms with E-state index in [0.717, 1.165) is 18.6 Å². The molecule has 2 heteroatoms. The van der Waals surface area contributed by atoms with Crippen LogP contribution in [0.5, 0.6) is 0 Å². The summed E-state index contributed by atoms with van der Waals surface area (Å²) < 4.78 is 0. The van der Waals surface area contributed by atoms with E-state index in [4.69, 9.17) is 4.99 Å². The molecule has 8 aliphatic rings. The molecule has 2 aromatic carbocycles. The minimum absolute atomic E-state index is 0.122. The van der Waals surface area contributed by atoms with Crippen molar-refractivity contribution < 1.29 is 0 Å². The fraction of sp³-hybridized carbons (Fsp3) is 0.227. The molecule has 2 aromatic rings. The molecular weight excluding hydrogens is 556 g/mol. The van der Waals surface area contributed by atoms with E-state index in [1.165, 1.54) is 56.5 Å². The Morgan fingerprint density at radius 1 is 0.826 bits per heavy atom. The molecule has 1 fully saturated rings. The minimum Gasteiger partial charge on any atom is -0.280 e. The van der Waals surface area contributed by atoms with Crippen molar-refractivity contribution in [2.75, 3.05) is 0 Å². The topological polar surface area (TPSA) is 36.1 Å². The summed E-state index contributed by atoms with van der Waals surface area (Å²) in [5, 5.41) is 9.42. The van der Waals surface area contributed by atoms with E-state index in [2.05, 4.69) is 128 Å². The molecule has 0 aromatic heterocycles. The molecule has 7 aliphatic carbocycles. The Balaban J connectivity index is 1.07. The van der Waals surface area contributed by atoms with Crippen LogP contribution in [0.3, 0.4) is 0 Å². The highest BCUT2D eigenvalue weighted by molar-refractivity contribution is 6.14. The van der Waals surface area contributed by atoms with Gasteiger partial charge in [0, 0.05) is 28.7 Å². The van der Waals surface area contributed by atoms with Crippen molar-refractivity contribution in [3.63, 3.8) is 0 Å². The summed E-state index contributed by atoms with van der Waals surface area (Å²) in [7, 11) is 0. The zero-order valence-electron chi connectivity index (χ0n) is 25.7. The van der Waals surface area contributed by atoms with Gasteiger partial charge in [0.2, 0.25) is 0 Å². The molecule has 46 heavy (non-hydrogen) atoms. The fourth-order valence-electron chi connectivity index (χ4n) is 9.75. The third-order valence-electron chi connectivity index (χ3n) is 12.0. The molecule has 7 atom stereocenters. The van der Waals surface area contributed by atoms with Crippen molar-refractivity contribution in [1.82, 2.24) is 0 Å². The van der Waals surface area contributed by atoms with Gasteiger partial charge in [-0.1, -0.05) is 115 Å². The first-order chi connectivity index (χ1) is 22.7. The SMILES string of the molecule is N#Cc1ccc(C2=CC3=C(Cc4cccc(C5=NC6C7C(=CC=C8C=CC(C9C=CC=CC9)CC867)C=C5)c43)C3C=CC=CC23)cc1. The fourth-order valence-corrected chi connectivity index (χ4v) is 9.75. The lowest BCUT2D eigenvalue weighted by Gasteiger charge is -2.34. The lowest BCUT2D eigenvalue weighted by atomic mass is 9.70. The van der Waals surface area contributed by atoms with Gasteiger partial charge in [-0.25, -0.2) is 0 Å². The minimum atomic E-state index is 0.122. The molecule has 10 rings (SSSR count). The molecular formula is C44H34N2. The molecule has 1 saturated carbocycles. The maximum atomic E-state index is 9.42. The van der Waals surface area contributed by atoms with E-state index in [0.29, 0.717) is 35.2 Å². The first-order valence-electron chi connectivity index (χ1n) is 16.9. The first-order valence-corrected chi connectivity index (χ1v) is 16.9. The van der Waals surface area contributed by atoms with Crippen molar-refractivity contribution in [2.45, 2.75) is 25.3 Å². The van der Waals surface area contributed by atoms with Gasteiger partial charge in [0.15, 0.2) is 0 Å². The average molecular weight is 591 g/mol. The van der Waals surface area contributed by atoms with Crippen LogP contribution in [0, 0.1) is 46.3 Å². The van der Waals surface area contributed by atoms with Crippen LogP contribution >= 0.6 is 0 Å². The average Bonchev–Trinajstić information content (AvgIpc) is 3.66. The number of hydrogen-bond acceptors (Lipinski definition) is 2. The lowest BCUT2D eigenvalue weighted by Crippen LogP contribution is -2.25. The summed E-state index contributed by atoms with van der Waals surface area (Å²) in [6.07, 6.45) is 38.4. The molecule has 220 valence electrons. The van der Waals surface area contributed by atoms with Gasteiger partial charge in [0.05, 0.1) is 23.4 Å². The highest BCUT2D eigenvalue weighted by atomic mass is 15.0. The van der Waals surface area contributed by atoms with Crippen molar-refractivity contribution in [3.8, 4) is 6.07 Å². The molecule has 1 spiro atoms. The van der Waals surface area contributed by atoms with Crippen LogP contribution in [-0.4, -0.2) is 11.8 Å². The maximum Gasteiger partial charge on any atom is 0.0991 e. The van der Waals surface area contributed by atoms with Gasteiger partial charge < -0.3 is 0 Å². The number of allylic oxidation sites excluding steroid dienone is 18. The number of nitriles is 1. The zero-order chi connectivity index (χ0) is 30.4. The second-order valence-corrected chi connectivity index (χ2v) is 14.1. The van der Waals surface area contributed by atoms with Crippen LogP contribution in [0.1, 0.15) is 40.7 Å². The second kappa shape index (κ2) is 9.75. The molecule has 0 N–H and O–H groups in total. The maximum absolute atomic E-state index is 9.42. The number of hydrogen-bond donors (Lipinski definition) is 0. The molecule has 0 saturated heterocycles. The molecule has 2 nitrogen and oxygen atoms in total. The number of rotatable bonds is 3. The largest absolute Gasteiger partial charge is 0.280 e. The number of fused-ring (bicyclic) bond motifs is 4. The van der Waals surface area contributed by atoms with E-state index in [1.54, 1.807) is 0 Å². The molecule has 1 aliphatic heterocycles. The molecule has 7 unspecified atom stereocenters. The Labute approximate surface area is 271 Å². The summed E-state index contributed by atoms with van der Waals surface area (Å²) in [4.78, 5) is 5.69. The smallest absolute Gasteiger partial charge is 0.0991 e. The number of benzene rings is 2. The summed E-state index contributed by atoms with van der Waals surface area (Å²) in [6.45, 7) is 0. The van der Waals surface area contributed by atoms with Crippen molar-refractivity contribution >= 4 is 16.9 Å². The second-order valence-electron chi connectivity index (χ2n) is 14.1. The van der Waals surface area contributed by atoms with Gasteiger partial charge >= 0.3 is 0 Å². The monoisotopic (exact) mass is 590 g/mol. The van der Waals surface area contributed by atoms with E-state index in [9.17, 15) is 5.26 Å². The number of aliphatic imine (C=N–C) groups is 1. The van der Waals surface area contributed by atoms with Crippen LogP contribution in [0.25, 0.3) is 11.1 Å². The van der Waals surface area contributed by atoms with E-state index >= 15 is 0 Å². The van der Waals surface area contributed by atoms with E-state index in [1.807, 2.05) is 12.1 Å². The van der Waals surface area contributed by atoms with Crippen LogP contribution in [0.15, 0.2) is 155 Å². The predicted molar refractivity (Wildman–Crippen MR) is 187 cm³/mol. The summed E-state index contributed by atoms with van der Waals surface area (Å²) in [5.74, 6) is 2.24. The molecule has 0 amide bonds. The first kappa shape index (κ1) is 26.2. The lowest BCUT2D eigenvalue weighted by molar-refractivity contribution is 0.345. The highest BCUT2D eigenvalue weighted by Crippen LogP contribution is 2.70. The van der Waals surface area contributed by atoms with E-state index < -0.39 is 0 Å². The third-order valence-corrected chi connectivity index (χ3v) is 12.0. The molecule has 0 radical (unpaired) electrons. The van der Waals surface area contributed by atoms with Gasteiger partial charge in [0.25, 0.3) is 0 Å². The van der Waals surface area contributed by atoms with Gasteiger partial charge in [-0.3, -0.25) is 4.99 Å². The van der Waals surface area contributed by atoms with Crippen molar-refractivity contribution in [3.05, 3.63) is 178 Å². The Hall–Kier alpha value is -5.00. The van der Waals surface area contributed by atoms with Gasteiger partial charge in [-0.05, 0) is 94.4 Å². The van der Waals surface area contributed by atoms with Gasteiger partial charge in [-0.15, -0.1) is 0 Å². The molecule has 0 bridgehead atoms. The quantitative estimate of drug-likeness (QED) is 0.351. The summed E-state index contributed by atoms with van der Waals surface area (Å²) >= 11 is 0. The number of nitrogens with zero attached hydrogens (tertiary/aromatic N) is 2. The summed E-state index contributed by atoms with van der Waals surface area (Å²) in [5.41, 5.74) is 14.3. The Morgan fingerprint density at radius 2 is 1.70 bits per heavy atom. The zero-order valence-corrected chi connectivity index (χ0v) is 25.7. The molecule has 1 heterocycles. The third kappa shape index (κ3) is 3.66. The van der Waals surface area contributed by atoms with Gasteiger partial charge in [-0.2, -0.15) is 5.26 Å². The van der Waals surface area contributed by atoms with E-state index in [-0.39, 0.29) is 11.5 Å². The standard InChI is InChI=1S/C44H34N2/c45-26-27-13-15-29(16-14-27)37-24-39-38(35-11-5-4-10-34(35)37)23-31-9-6-12-36(41(31)39)40-22-19-30-17-20-33-21-18-32(28-7-2-1-3-8-28)25-44(33)42(30)43(44)46-40/h1-7,9-22,24,28,32,34-35,42-43H,8,23,25H2. The van der Waals surface area contributed by atoms with Gasteiger partial charge in [0.1, 0.15) is 0 Å². The normalized spacial score (nSPS) is 33.4.